The third-order valence-corrected chi connectivity index (χ3v) is 3.91. The van der Waals surface area contributed by atoms with Crippen LogP contribution >= 0.6 is 0 Å². The van der Waals surface area contributed by atoms with Crippen LogP contribution in [0.3, 0.4) is 0 Å². The van der Waals surface area contributed by atoms with E-state index in [0.717, 1.165) is 5.69 Å². The molecule has 1 aliphatic heterocycles. The summed E-state index contributed by atoms with van der Waals surface area (Å²) in [5.74, 6) is 0.575. The summed E-state index contributed by atoms with van der Waals surface area (Å²) in [6.45, 7) is 1.04. The molecule has 0 saturated carbocycles. The summed E-state index contributed by atoms with van der Waals surface area (Å²) in [5, 5.41) is 5.83. The van der Waals surface area contributed by atoms with Crippen molar-refractivity contribution in [2.45, 2.75) is 0 Å². The lowest BCUT2D eigenvalue weighted by molar-refractivity contribution is 0.102. The van der Waals surface area contributed by atoms with E-state index in [4.69, 9.17) is 9.47 Å². The van der Waals surface area contributed by atoms with Crippen LogP contribution in [0.5, 0.6) is 11.5 Å². The number of anilines is 3. The minimum Gasteiger partial charge on any atom is -0.486 e. The van der Waals surface area contributed by atoms with Crippen LogP contribution in [-0.2, 0) is 0 Å². The van der Waals surface area contributed by atoms with Crippen molar-refractivity contribution in [3.8, 4) is 11.5 Å². The van der Waals surface area contributed by atoms with Crippen LogP contribution in [0.15, 0.2) is 60.9 Å². The fourth-order valence-electron chi connectivity index (χ4n) is 2.69. The Hall–Kier alpha value is -3.61. The van der Waals surface area contributed by atoms with Crippen LogP contribution in [0.25, 0.3) is 0 Å². The zero-order chi connectivity index (χ0) is 18.6. The number of carbonyl (C=O) groups excluding carboxylic acids is 1. The first-order chi connectivity index (χ1) is 13.2. The van der Waals surface area contributed by atoms with Gasteiger partial charge in [-0.05, 0) is 36.4 Å². The number of aromatic nitrogens is 1. The fraction of sp³-hybridized carbons (Fsp3) is 0.100. The van der Waals surface area contributed by atoms with Gasteiger partial charge < -0.3 is 20.1 Å². The SMILES string of the molecule is O=C(Nc1cccc(F)c1)c1cncc(Nc2ccc3c(c2)OCCO3)c1. The molecule has 0 spiro atoms. The van der Waals surface area contributed by atoms with Gasteiger partial charge in [0, 0.05) is 23.6 Å². The monoisotopic (exact) mass is 365 g/mol. The largest absolute Gasteiger partial charge is 0.486 e. The van der Waals surface area contributed by atoms with Crippen molar-refractivity contribution in [1.82, 2.24) is 4.98 Å². The van der Waals surface area contributed by atoms with E-state index in [-0.39, 0.29) is 5.91 Å². The molecule has 1 aromatic heterocycles. The van der Waals surface area contributed by atoms with Gasteiger partial charge >= 0.3 is 0 Å². The molecule has 3 aromatic rings. The summed E-state index contributed by atoms with van der Waals surface area (Å²) in [6, 6.07) is 12.9. The maximum atomic E-state index is 13.3. The number of nitrogens with one attached hydrogen (secondary N) is 2. The summed E-state index contributed by atoms with van der Waals surface area (Å²) >= 11 is 0. The fourth-order valence-corrected chi connectivity index (χ4v) is 2.69. The third-order valence-electron chi connectivity index (χ3n) is 3.91. The van der Waals surface area contributed by atoms with E-state index in [0.29, 0.717) is 41.7 Å². The molecular formula is C20H16FN3O3. The summed E-state index contributed by atoms with van der Waals surface area (Å²) in [4.78, 5) is 16.5. The molecular weight excluding hydrogens is 349 g/mol. The smallest absolute Gasteiger partial charge is 0.257 e. The maximum absolute atomic E-state index is 13.3. The Labute approximate surface area is 155 Å². The minimum absolute atomic E-state index is 0.349. The molecule has 0 radical (unpaired) electrons. The molecule has 2 aromatic carbocycles. The molecule has 0 atom stereocenters. The number of ether oxygens (including phenoxy) is 2. The van der Waals surface area contributed by atoms with Gasteiger partial charge in [0.05, 0.1) is 17.4 Å². The molecule has 1 aliphatic rings. The van der Waals surface area contributed by atoms with Gasteiger partial charge in [-0.1, -0.05) is 6.07 Å². The van der Waals surface area contributed by atoms with E-state index in [1.165, 1.54) is 24.4 Å². The second-order valence-corrected chi connectivity index (χ2v) is 5.91. The summed E-state index contributed by atoms with van der Waals surface area (Å²) in [7, 11) is 0. The predicted octanol–water partition coefficient (Wildman–Crippen LogP) is 3.99. The van der Waals surface area contributed by atoms with Crippen LogP contribution in [0.2, 0.25) is 0 Å². The number of benzene rings is 2. The molecule has 0 saturated heterocycles. The van der Waals surface area contributed by atoms with Gasteiger partial charge in [-0.15, -0.1) is 0 Å². The number of pyridine rings is 1. The first-order valence-corrected chi connectivity index (χ1v) is 8.36. The zero-order valence-corrected chi connectivity index (χ0v) is 14.2. The van der Waals surface area contributed by atoms with Gasteiger partial charge in [-0.2, -0.15) is 0 Å². The zero-order valence-electron chi connectivity index (χ0n) is 14.2. The van der Waals surface area contributed by atoms with Crippen molar-refractivity contribution in [1.29, 1.82) is 0 Å². The van der Waals surface area contributed by atoms with E-state index < -0.39 is 5.82 Å². The second kappa shape index (κ2) is 7.33. The normalized spacial score (nSPS) is 12.3. The molecule has 7 heteroatoms. The first-order valence-electron chi connectivity index (χ1n) is 8.36. The molecule has 0 aliphatic carbocycles. The van der Waals surface area contributed by atoms with Crippen molar-refractivity contribution in [2.24, 2.45) is 0 Å². The standard InChI is InChI=1S/C20H16FN3O3/c21-14-2-1-3-15(9-14)24-20(25)13-8-17(12-22-11-13)23-16-4-5-18-19(10-16)27-7-6-26-18/h1-5,8-12,23H,6-7H2,(H,24,25). The van der Waals surface area contributed by atoms with Gasteiger partial charge in [0.1, 0.15) is 19.0 Å². The van der Waals surface area contributed by atoms with Crippen molar-refractivity contribution in [3.05, 3.63) is 72.3 Å². The highest BCUT2D eigenvalue weighted by Gasteiger charge is 2.12. The van der Waals surface area contributed by atoms with Gasteiger partial charge in [-0.3, -0.25) is 9.78 Å². The highest BCUT2D eigenvalue weighted by atomic mass is 19.1. The number of amides is 1. The molecule has 6 nitrogen and oxygen atoms in total. The van der Waals surface area contributed by atoms with Gasteiger partial charge in [0.2, 0.25) is 0 Å². The number of hydrogen-bond acceptors (Lipinski definition) is 5. The lowest BCUT2D eigenvalue weighted by Crippen LogP contribution is -2.15. The molecule has 0 bridgehead atoms. The second-order valence-electron chi connectivity index (χ2n) is 5.91. The van der Waals surface area contributed by atoms with Crippen LogP contribution in [0.1, 0.15) is 10.4 Å². The summed E-state index contributed by atoms with van der Waals surface area (Å²) < 4.78 is 24.3. The Morgan fingerprint density at radius 2 is 1.78 bits per heavy atom. The van der Waals surface area contributed by atoms with Crippen molar-refractivity contribution >= 4 is 23.0 Å². The number of nitrogens with zero attached hydrogens (tertiary/aromatic N) is 1. The first kappa shape index (κ1) is 16.8. The third kappa shape index (κ3) is 3.98. The summed E-state index contributed by atoms with van der Waals surface area (Å²) in [5.41, 5.74) is 2.15. The minimum atomic E-state index is -0.417. The van der Waals surface area contributed by atoms with Crippen molar-refractivity contribution < 1.29 is 18.7 Å². The van der Waals surface area contributed by atoms with E-state index in [1.54, 1.807) is 18.3 Å². The number of carbonyl (C=O) groups is 1. The highest BCUT2D eigenvalue weighted by molar-refractivity contribution is 6.04. The molecule has 0 unspecified atom stereocenters. The lowest BCUT2D eigenvalue weighted by Gasteiger charge is -2.19. The predicted molar refractivity (Wildman–Crippen MR) is 99.3 cm³/mol. The lowest BCUT2D eigenvalue weighted by atomic mass is 10.2. The summed E-state index contributed by atoms with van der Waals surface area (Å²) in [6.07, 6.45) is 3.05. The Balaban J connectivity index is 1.49. The van der Waals surface area contributed by atoms with Crippen LogP contribution < -0.4 is 20.1 Å². The Bertz CT molecular complexity index is 994. The molecule has 0 fully saturated rings. The van der Waals surface area contributed by atoms with Gasteiger partial charge in [0.25, 0.3) is 5.91 Å². The molecule has 2 N–H and O–H groups in total. The van der Waals surface area contributed by atoms with E-state index in [1.807, 2.05) is 18.2 Å². The Morgan fingerprint density at radius 1 is 0.926 bits per heavy atom. The molecule has 1 amide bonds. The van der Waals surface area contributed by atoms with E-state index in [9.17, 15) is 9.18 Å². The average Bonchev–Trinajstić information content (AvgIpc) is 2.68. The number of rotatable bonds is 4. The highest BCUT2D eigenvalue weighted by Crippen LogP contribution is 2.33. The number of fused-ring (bicyclic) bond motifs is 1. The number of halogens is 1. The topological polar surface area (TPSA) is 72.5 Å². The molecule has 4 rings (SSSR count). The van der Waals surface area contributed by atoms with E-state index >= 15 is 0 Å². The van der Waals surface area contributed by atoms with Crippen molar-refractivity contribution in [3.63, 3.8) is 0 Å². The molecule has 27 heavy (non-hydrogen) atoms. The van der Waals surface area contributed by atoms with Gasteiger partial charge in [-0.25, -0.2) is 4.39 Å². The maximum Gasteiger partial charge on any atom is 0.257 e. The molecule has 136 valence electrons. The Morgan fingerprint density at radius 3 is 2.63 bits per heavy atom. The van der Waals surface area contributed by atoms with Crippen LogP contribution in [0, 0.1) is 5.82 Å². The van der Waals surface area contributed by atoms with Crippen LogP contribution in [-0.4, -0.2) is 24.1 Å². The average molecular weight is 365 g/mol. The van der Waals surface area contributed by atoms with E-state index in [2.05, 4.69) is 15.6 Å². The van der Waals surface area contributed by atoms with Crippen molar-refractivity contribution in [2.75, 3.05) is 23.8 Å². The quantitative estimate of drug-likeness (QED) is 0.731. The molecule has 2 heterocycles. The van der Waals surface area contributed by atoms with Crippen LogP contribution in [0.4, 0.5) is 21.5 Å². The van der Waals surface area contributed by atoms with Gasteiger partial charge in [0.15, 0.2) is 11.5 Å². The number of hydrogen-bond donors (Lipinski definition) is 2. The Kier molecular flexibility index (Phi) is 4.57.